The molecule has 3 rings (SSSR count). The van der Waals surface area contributed by atoms with Gasteiger partial charge in [-0.1, -0.05) is 36.4 Å². The van der Waals surface area contributed by atoms with Gasteiger partial charge in [0.2, 0.25) is 15.9 Å². The highest BCUT2D eigenvalue weighted by molar-refractivity contribution is 7.89. The van der Waals surface area contributed by atoms with E-state index >= 15 is 0 Å². The number of carbonyl (C=O) groups is 1. The Kier molecular flexibility index (Phi) is 6.52. The summed E-state index contributed by atoms with van der Waals surface area (Å²) >= 11 is 0. The zero-order valence-corrected chi connectivity index (χ0v) is 17.3. The Morgan fingerprint density at radius 1 is 1.11 bits per heavy atom. The van der Waals surface area contributed by atoms with Crippen molar-refractivity contribution in [2.45, 2.75) is 50.0 Å². The van der Waals surface area contributed by atoms with Gasteiger partial charge in [-0.05, 0) is 61.4 Å². The van der Waals surface area contributed by atoms with Crippen LogP contribution in [0.1, 0.15) is 48.9 Å². The van der Waals surface area contributed by atoms with Crippen LogP contribution in [0.25, 0.3) is 0 Å². The van der Waals surface area contributed by atoms with Gasteiger partial charge in [-0.15, -0.1) is 0 Å². The van der Waals surface area contributed by atoms with Gasteiger partial charge in [-0.3, -0.25) is 4.79 Å². The highest BCUT2D eigenvalue weighted by Gasteiger charge is 2.20. The molecule has 0 spiro atoms. The summed E-state index contributed by atoms with van der Waals surface area (Å²) in [5.41, 5.74) is 3.94. The number of nitrogens with zero attached hydrogens (tertiary/aromatic N) is 1. The van der Waals surface area contributed by atoms with Gasteiger partial charge in [0.1, 0.15) is 0 Å². The third-order valence-electron chi connectivity index (χ3n) is 5.33. The Labute approximate surface area is 167 Å². The number of benzene rings is 2. The van der Waals surface area contributed by atoms with E-state index in [9.17, 15) is 13.2 Å². The molecule has 150 valence electrons. The van der Waals surface area contributed by atoms with E-state index in [0.29, 0.717) is 19.4 Å². The molecule has 0 aromatic heterocycles. The largest absolute Gasteiger partial charge is 0.350 e. The first-order chi connectivity index (χ1) is 13.4. The number of hydrogen-bond acceptors (Lipinski definition) is 3. The van der Waals surface area contributed by atoms with Crippen molar-refractivity contribution in [3.63, 3.8) is 0 Å². The molecule has 0 radical (unpaired) electrons. The molecule has 5 nitrogen and oxygen atoms in total. The first-order valence-electron chi connectivity index (χ1n) is 9.80. The summed E-state index contributed by atoms with van der Waals surface area (Å²) in [4.78, 5) is 12.6. The normalized spacial score (nSPS) is 14.7. The lowest BCUT2D eigenvalue weighted by atomic mass is 10.0. The Morgan fingerprint density at radius 3 is 2.57 bits per heavy atom. The molecule has 0 aliphatic heterocycles. The molecule has 1 aliphatic rings. The summed E-state index contributed by atoms with van der Waals surface area (Å²) in [6, 6.07) is 14.8. The lowest BCUT2D eigenvalue weighted by molar-refractivity contribution is -0.121. The van der Waals surface area contributed by atoms with Crippen LogP contribution < -0.4 is 5.32 Å². The highest BCUT2D eigenvalue weighted by atomic mass is 32.2. The molecule has 28 heavy (non-hydrogen) atoms. The van der Waals surface area contributed by atoms with E-state index in [-0.39, 0.29) is 16.8 Å². The SMILES string of the molecule is CC(NC(=O)CCCN(C)S(=O)(=O)c1ccccc1)c1ccc2c(c1)CCC2. The third-order valence-corrected chi connectivity index (χ3v) is 7.20. The second kappa shape index (κ2) is 8.88. The van der Waals surface area contributed by atoms with E-state index < -0.39 is 10.0 Å². The first-order valence-corrected chi connectivity index (χ1v) is 11.2. The Morgan fingerprint density at radius 2 is 1.82 bits per heavy atom. The molecule has 1 unspecified atom stereocenters. The average molecular weight is 401 g/mol. The number of amides is 1. The second-order valence-electron chi connectivity index (χ2n) is 7.41. The number of carbonyl (C=O) groups excluding carboxylic acids is 1. The number of aryl methyl sites for hydroxylation is 2. The minimum atomic E-state index is -3.51. The quantitative estimate of drug-likeness (QED) is 0.738. The molecule has 1 atom stereocenters. The van der Waals surface area contributed by atoms with Crippen LogP contribution in [0.3, 0.4) is 0 Å². The van der Waals surface area contributed by atoms with Crippen molar-refractivity contribution in [2.24, 2.45) is 0 Å². The minimum Gasteiger partial charge on any atom is -0.350 e. The van der Waals surface area contributed by atoms with Crippen LogP contribution >= 0.6 is 0 Å². The summed E-state index contributed by atoms with van der Waals surface area (Å²) in [6.45, 7) is 2.29. The highest BCUT2D eigenvalue weighted by Crippen LogP contribution is 2.25. The first kappa shape index (κ1) is 20.6. The molecular weight excluding hydrogens is 372 g/mol. The molecule has 6 heteroatoms. The van der Waals surface area contributed by atoms with Crippen LogP contribution in [0.4, 0.5) is 0 Å². The van der Waals surface area contributed by atoms with Crippen molar-refractivity contribution < 1.29 is 13.2 Å². The number of rotatable bonds is 8. The van der Waals surface area contributed by atoms with Gasteiger partial charge in [0.25, 0.3) is 0 Å². The van der Waals surface area contributed by atoms with Crippen LogP contribution in [0.15, 0.2) is 53.4 Å². The molecule has 0 fully saturated rings. The maximum Gasteiger partial charge on any atom is 0.242 e. The van der Waals surface area contributed by atoms with Gasteiger partial charge in [-0.2, -0.15) is 0 Å². The third kappa shape index (κ3) is 4.80. The van der Waals surface area contributed by atoms with Gasteiger partial charge >= 0.3 is 0 Å². The lowest BCUT2D eigenvalue weighted by Crippen LogP contribution is -2.30. The van der Waals surface area contributed by atoms with Gasteiger partial charge < -0.3 is 5.32 Å². The molecule has 0 heterocycles. The summed E-state index contributed by atoms with van der Waals surface area (Å²) in [7, 11) is -1.96. The molecule has 2 aromatic rings. The second-order valence-corrected chi connectivity index (χ2v) is 9.46. The van der Waals surface area contributed by atoms with Crippen LogP contribution in [-0.2, 0) is 27.7 Å². The summed E-state index contributed by atoms with van der Waals surface area (Å²) in [5.74, 6) is -0.0569. The lowest BCUT2D eigenvalue weighted by Gasteiger charge is -2.18. The zero-order valence-electron chi connectivity index (χ0n) is 16.5. The van der Waals surface area contributed by atoms with Crippen molar-refractivity contribution >= 4 is 15.9 Å². The summed E-state index contributed by atoms with van der Waals surface area (Å²) in [6.07, 6.45) is 4.25. The molecule has 0 saturated heterocycles. The number of hydrogen-bond donors (Lipinski definition) is 1. The Hall–Kier alpha value is -2.18. The fourth-order valence-electron chi connectivity index (χ4n) is 3.61. The molecule has 1 amide bonds. The molecular formula is C22H28N2O3S. The Bertz CT molecular complexity index is 926. The van der Waals surface area contributed by atoms with Gasteiger partial charge in [0.05, 0.1) is 10.9 Å². The monoisotopic (exact) mass is 400 g/mol. The standard InChI is InChI=1S/C22H28N2O3S/c1-17(19-14-13-18-8-6-9-20(18)16-19)23-22(25)12-7-15-24(2)28(26,27)21-10-4-3-5-11-21/h3-5,10-11,13-14,16-17H,6-9,12,15H2,1-2H3,(H,23,25). The summed E-state index contributed by atoms with van der Waals surface area (Å²) < 4.78 is 26.3. The van der Waals surface area contributed by atoms with Crippen LogP contribution in [0, 0.1) is 0 Å². The van der Waals surface area contributed by atoms with Crippen molar-refractivity contribution in [1.82, 2.24) is 9.62 Å². The molecule has 0 saturated carbocycles. The van der Waals surface area contributed by atoms with E-state index in [4.69, 9.17) is 0 Å². The smallest absolute Gasteiger partial charge is 0.242 e. The van der Waals surface area contributed by atoms with Crippen LogP contribution in [0.2, 0.25) is 0 Å². The maximum absolute atomic E-state index is 12.5. The number of sulfonamides is 1. The average Bonchev–Trinajstić information content (AvgIpc) is 3.16. The van der Waals surface area contributed by atoms with Crippen LogP contribution in [-0.4, -0.2) is 32.2 Å². The molecule has 1 N–H and O–H groups in total. The van der Waals surface area contributed by atoms with Crippen molar-refractivity contribution in [3.05, 3.63) is 65.2 Å². The van der Waals surface area contributed by atoms with E-state index in [0.717, 1.165) is 18.4 Å². The molecule has 2 aromatic carbocycles. The predicted molar refractivity (Wildman–Crippen MR) is 111 cm³/mol. The predicted octanol–water partition coefficient (Wildman–Crippen LogP) is 3.45. The van der Waals surface area contributed by atoms with Gasteiger partial charge in [0, 0.05) is 20.0 Å². The number of nitrogens with one attached hydrogen (secondary N) is 1. The fourth-order valence-corrected chi connectivity index (χ4v) is 4.84. The zero-order chi connectivity index (χ0) is 20.1. The minimum absolute atomic E-state index is 0.0517. The van der Waals surface area contributed by atoms with Crippen LogP contribution in [0.5, 0.6) is 0 Å². The van der Waals surface area contributed by atoms with Crippen molar-refractivity contribution in [2.75, 3.05) is 13.6 Å². The van der Waals surface area contributed by atoms with Gasteiger partial charge in [-0.25, -0.2) is 12.7 Å². The summed E-state index contributed by atoms with van der Waals surface area (Å²) in [5, 5.41) is 3.02. The maximum atomic E-state index is 12.5. The van der Waals surface area contributed by atoms with Crippen molar-refractivity contribution in [3.8, 4) is 0 Å². The van der Waals surface area contributed by atoms with E-state index in [2.05, 4.69) is 23.5 Å². The molecule has 1 aliphatic carbocycles. The molecule has 0 bridgehead atoms. The fraction of sp³-hybridized carbons (Fsp3) is 0.409. The number of fused-ring (bicyclic) bond motifs is 1. The van der Waals surface area contributed by atoms with E-state index in [1.165, 1.54) is 21.9 Å². The van der Waals surface area contributed by atoms with Crippen molar-refractivity contribution in [1.29, 1.82) is 0 Å². The van der Waals surface area contributed by atoms with Gasteiger partial charge in [0.15, 0.2) is 0 Å². The van der Waals surface area contributed by atoms with E-state index in [1.807, 2.05) is 6.92 Å². The topological polar surface area (TPSA) is 66.5 Å². The van der Waals surface area contributed by atoms with E-state index in [1.54, 1.807) is 37.4 Å². The Balaban J connectivity index is 1.48.